The molecule has 9 nitrogen and oxygen atoms in total. The summed E-state index contributed by atoms with van der Waals surface area (Å²) >= 11 is 0. The zero-order valence-corrected chi connectivity index (χ0v) is 17.8. The van der Waals surface area contributed by atoms with Crippen LogP contribution in [0.4, 0.5) is 5.69 Å². The molecule has 0 aliphatic rings. The number of methoxy groups -OCH3 is 1. The first-order valence-electron chi connectivity index (χ1n) is 9.29. The van der Waals surface area contributed by atoms with Crippen LogP contribution in [-0.4, -0.2) is 40.0 Å². The van der Waals surface area contributed by atoms with E-state index >= 15 is 0 Å². The zero-order valence-electron chi connectivity index (χ0n) is 16.9. The highest BCUT2D eigenvalue weighted by atomic mass is 32.2. The van der Waals surface area contributed by atoms with E-state index in [1.807, 2.05) is 0 Å². The Morgan fingerprint density at radius 2 is 1.72 bits per heavy atom. The normalized spacial score (nSPS) is 10.9. The highest BCUT2D eigenvalue weighted by Gasteiger charge is 2.24. The zero-order chi connectivity index (χ0) is 23.1. The van der Waals surface area contributed by atoms with Gasteiger partial charge in [0, 0.05) is 11.3 Å². The molecule has 166 valence electrons. The molecule has 0 radical (unpaired) electrons. The molecule has 0 unspecified atom stereocenters. The molecule has 0 aliphatic carbocycles. The number of carbonyl (C=O) groups excluding carboxylic acids is 3. The van der Waals surface area contributed by atoms with Crippen molar-refractivity contribution in [3.05, 3.63) is 83.8 Å². The number of esters is 2. The Bertz CT molecular complexity index is 1230. The van der Waals surface area contributed by atoms with Gasteiger partial charge in [0.15, 0.2) is 16.4 Å². The number of nitrogens with one attached hydrogen (secondary N) is 1. The fourth-order valence-electron chi connectivity index (χ4n) is 2.78. The molecule has 3 rings (SSSR count). The Balaban J connectivity index is 1.61. The minimum atomic E-state index is -3.71. The third kappa shape index (κ3) is 5.61. The summed E-state index contributed by atoms with van der Waals surface area (Å²) in [4.78, 5) is 36.1. The van der Waals surface area contributed by atoms with Crippen molar-refractivity contribution in [1.82, 2.24) is 0 Å². The predicted octanol–water partition coefficient (Wildman–Crippen LogP) is 2.84. The standard InChI is InChI=1S/C22H19NO8S/c1-29-21(25)15-6-5-7-17(12-15)23-19(24)13-31-22(26)20-16(10-11-30-20)14-32(27,28)18-8-3-2-4-9-18/h2-12H,13-14H2,1H3,(H,23,24). The van der Waals surface area contributed by atoms with E-state index < -0.39 is 40.0 Å². The molecule has 2 aromatic carbocycles. The minimum absolute atomic E-state index is 0.106. The number of furan rings is 1. The number of carbonyl (C=O) groups is 3. The van der Waals surface area contributed by atoms with Crippen LogP contribution in [0.3, 0.4) is 0 Å². The topological polar surface area (TPSA) is 129 Å². The van der Waals surface area contributed by atoms with Crippen LogP contribution in [0.1, 0.15) is 26.5 Å². The van der Waals surface area contributed by atoms with Crippen LogP contribution in [-0.2, 0) is 29.9 Å². The second-order valence-electron chi connectivity index (χ2n) is 6.54. The number of ether oxygens (including phenoxy) is 2. The number of amides is 1. The van der Waals surface area contributed by atoms with Crippen LogP contribution < -0.4 is 5.32 Å². The molecule has 0 aliphatic heterocycles. The lowest BCUT2D eigenvalue weighted by molar-refractivity contribution is -0.119. The molecule has 10 heteroatoms. The maximum atomic E-state index is 12.6. The number of hydrogen-bond donors (Lipinski definition) is 1. The van der Waals surface area contributed by atoms with E-state index in [2.05, 4.69) is 10.1 Å². The largest absolute Gasteiger partial charge is 0.465 e. The minimum Gasteiger partial charge on any atom is -0.465 e. The molecule has 0 saturated carbocycles. The average molecular weight is 457 g/mol. The second kappa shape index (κ2) is 9.92. The van der Waals surface area contributed by atoms with Crippen LogP contribution >= 0.6 is 0 Å². The van der Waals surface area contributed by atoms with Crippen molar-refractivity contribution in [2.24, 2.45) is 0 Å². The summed E-state index contributed by atoms with van der Waals surface area (Å²) in [7, 11) is -2.47. The molecular formula is C22H19NO8S. The van der Waals surface area contributed by atoms with E-state index in [0.29, 0.717) is 5.69 Å². The van der Waals surface area contributed by atoms with Gasteiger partial charge in [-0.15, -0.1) is 0 Å². The number of hydrogen-bond acceptors (Lipinski definition) is 8. The Labute approximate surface area is 183 Å². The van der Waals surface area contributed by atoms with Crippen LogP contribution in [0.25, 0.3) is 0 Å². The van der Waals surface area contributed by atoms with Gasteiger partial charge in [-0.05, 0) is 36.4 Å². The lowest BCUT2D eigenvalue weighted by Gasteiger charge is -2.08. The Morgan fingerprint density at radius 3 is 2.44 bits per heavy atom. The van der Waals surface area contributed by atoms with Gasteiger partial charge in [-0.25, -0.2) is 18.0 Å². The molecule has 32 heavy (non-hydrogen) atoms. The maximum Gasteiger partial charge on any atom is 0.375 e. The van der Waals surface area contributed by atoms with E-state index in [0.717, 1.165) is 0 Å². The summed E-state index contributed by atoms with van der Waals surface area (Å²) < 4.78 is 39.8. The van der Waals surface area contributed by atoms with Gasteiger partial charge >= 0.3 is 11.9 Å². The lowest BCUT2D eigenvalue weighted by atomic mass is 10.2. The van der Waals surface area contributed by atoms with E-state index in [-0.39, 0.29) is 21.8 Å². The third-order valence-corrected chi connectivity index (χ3v) is 5.96. The van der Waals surface area contributed by atoms with E-state index in [1.165, 1.54) is 43.7 Å². The third-order valence-electron chi connectivity index (χ3n) is 4.28. The number of sulfone groups is 1. The molecule has 0 saturated heterocycles. The Kier molecular flexibility index (Phi) is 7.06. The van der Waals surface area contributed by atoms with Crippen LogP contribution in [0, 0.1) is 0 Å². The number of rotatable bonds is 8. The van der Waals surface area contributed by atoms with Crippen molar-refractivity contribution < 1.29 is 36.7 Å². The van der Waals surface area contributed by atoms with Gasteiger partial charge in [0.1, 0.15) is 0 Å². The quantitative estimate of drug-likeness (QED) is 0.511. The Hall–Kier alpha value is -3.92. The highest BCUT2D eigenvalue weighted by Crippen LogP contribution is 2.20. The average Bonchev–Trinajstić information content (AvgIpc) is 3.25. The van der Waals surface area contributed by atoms with Gasteiger partial charge in [0.2, 0.25) is 5.76 Å². The van der Waals surface area contributed by atoms with Crippen molar-refractivity contribution in [3.8, 4) is 0 Å². The number of benzene rings is 2. The van der Waals surface area contributed by atoms with Crippen molar-refractivity contribution in [2.75, 3.05) is 19.0 Å². The molecule has 1 heterocycles. The Morgan fingerprint density at radius 1 is 0.969 bits per heavy atom. The highest BCUT2D eigenvalue weighted by molar-refractivity contribution is 7.90. The predicted molar refractivity (Wildman–Crippen MR) is 113 cm³/mol. The van der Waals surface area contributed by atoms with Crippen molar-refractivity contribution in [3.63, 3.8) is 0 Å². The molecule has 1 aromatic heterocycles. The van der Waals surface area contributed by atoms with Crippen molar-refractivity contribution >= 4 is 33.4 Å². The first kappa shape index (κ1) is 22.8. The monoisotopic (exact) mass is 457 g/mol. The first-order valence-corrected chi connectivity index (χ1v) is 10.9. The summed E-state index contributed by atoms with van der Waals surface area (Å²) in [6.07, 6.45) is 1.17. The molecule has 0 atom stereocenters. The maximum absolute atomic E-state index is 12.6. The van der Waals surface area contributed by atoms with Crippen molar-refractivity contribution in [2.45, 2.75) is 10.6 Å². The van der Waals surface area contributed by atoms with Crippen LogP contribution in [0.2, 0.25) is 0 Å². The molecule has 0 bridgehead atoms. The summed E-state index contributed by atoms with van der Waals surface area (Å²) in [5.74, 6) is -2.98. The van der Waals surface area contributed by atoms with Gasteiger partial charge < -0.3 is 19.2 Å². The van der Waals surface area contributed by atoms with Crippen LogP contribution in [0.15, 0.2) is 76.2 Å². The van der Waals surface area contributed by atoms with E-state index in [1.54, 1.807) is 30.3 Å². The molecule has 3 aromatic rings. The second-order valence-corrected chi connectivity index (χ2v) is 8.53. The lowest BCUT2D eigenvalue weighted by Crippen LogP contribution is -2.21. The molecule has 0 spiro atoms. The van der Waals surface area contributed by atoms with Crippen molar-refractivity contribution in [1.29, 1.82) is 0 Å². The van der Waals surface area contributed by atoms with E-state index in [4.69, 9.17) is 9.15 Å². The number of anilines is 1. The summed E-state index contributed by atoms with van der Waals surface area (Å²) in [6.45, 7) is -0.646. The summed E-state index contributed by atoms with van der Waals surface area (Å²) in [5.41, 5.74) is 0.661. The SMILES string of the molecule is COC(=O)c1cccc(NC(=O)COC(=O)c2occc2CS(=O)(=O)c2ccccc2)c1. The van der Waals surface area contributed by atoms with Gasteiger partial charge in [0.05, 0.1) is 29.6 Å². The fraction of sp³-hybridized carbons (Fsp3) is 0.136. The smallest absolute Gasteiger partial charge is 0.375 e. The first-order chi connectivity index (χ1) is 15.3. The van der Waals surface area contributed by atoms with E-state index in [9.17, 15) is 22.8 Å². The van der Waals surface area contributed by atoms with Gasteiger partial charge in [-0.2, -0.15) is 0 Å². The summed E-state index contributed by atoms with van der Waals surface area (Å²) in [5, 5.41) is 2.49. The van der Waals surface area contributed by atoms with Gasteiger partial charge in [-0.3, -0.25) is 4.79 Å². The van der Waals surface area contributed by atoms with Gasteiger partial charge in [-0.1, -0.05) is 24.3 Å². The molecule has 0 fully saturated rings. The fourth-order valence-corrected chi connectivity index (χ4v) is 4.16. The van der Waals surface area contributed by atoms with Gasteiger partial charge in [0.25, 0.3) is 5.91 Å². The van der Waals surface area contributed by atoms with Crippen LogP contribution in [0.5, 0.6) is 0 Å². The summed E-state index contributed by atoms with van der Waals surface area (Å²) in [6, 6.07) is 15.2. The molecule has 1 N–H and O–H groups in total. The molecular weight excluding hydrogens is 438 g/mol. The molecule has 1 amide bonds.